The number of hydrogen-bond donors (Lipinski definition) is 1. The topological polar surface area (TPSA) is 77.6 Å². The van der Waals surface area contributed by atoms with Gasteiger partial charge in [0.15, 0.2) is 0 Å². The smallest absolute Gasteiger partial charge is 0.245 e. The van der Waals surface area contributed by atoms with Crippen LogP contribution in [-0.2, 0) is 11.3 Å². The Labute approximate surface area is 134 Å². The number of nitrogens with zero attached hydrogens (tertiary/aromatic N) is 5. The predicted molar refractivity (Wildman–Crippen MR) is 84.8 cm³/mol. The molecule has 0 radical (unpaired) electrons. The van der Waals surface area contributed by atoms with Gasteiger partial charge in [-0.25, -0.2) is 9.67 Å². The second-order valence-electron chi connectivity index (χ2n) is 5.10. The average molecular weight is 310 g/mol. The average Bonchev–Trinajstić information content (AvgIpc) is 3.27. The summed E-state index contributed by atoms with van der Waals surface area (Å²) in [6.07, 6.45) is 7.28. The summed E-state index contributed by atoms with van der Waals surface area (Å²) >= 11 is 0. The number of rotatable bonds is 6. The molecule has 2 aromatic heterocycles. The Hall–Kier alpha value is -2.96. The van der Waals surface area contributed by atoms with Gasteiger partial charge in [-0.1, -0.05) is 25.1 Å². The number of carbonyl (C=O) groups is 1. The summed E-state index contributed by atoms with van der Waals surface area (Å²) in [5.74, 6) is -0.0513. The van der Waals surface area contributed by atoms with Crippen LogP contribution in [0.2, 0.25) is 0 Å². The molecule has 23 heavy (non-hydrogen) atoms. The molecule has 0 fully saturated rings. The Balaban J connectivity index is 1.72. The Bertz CT molecular complexity index is 751. The zero-order chi connectivity index (χ0) is 16.1. The van der Waals surface area contributed by atoms with Crippen molar-refractivity contribution in [3.05, 3.63) is 60.9 Å². The molecular weight excluding hydrogens is 292 g/mol. The number of aromatic nitrogens is 5. The first-order valence-corrected chi connectivity index (χ1v) is 7.49. The van der Waals surface area contributed by atoms with Crippen LogP contribution in [0.3, 0.4) is 0 Å². The standard InChI is InChI=1S/C16H18N6O/c1-2-14(21-9-5-8-19-21)16(23)18-10-13-6-3-4-7-15(13)22-12-17-11-20-22/h3-9,11-12,14H,2,10H2,1H3,(H,18,23)/t14-/m1/s1. The molecule has 0 saturated carbocycles. The number of benzene rings is 1. The number of hydrogen-bond acceptors (Lipinski definition) is 4. The van der Waals surface area contributed by atoms with Crippen LogP contribution in [0, 0.1) is 0 Å². The van der Waals surface area contributed by atoms with E-state index in [1.54, 1.807) is 28.1 Å². The van der Waals surface area contributed by atoms with E-state index in [2.05, 4.69) is 20.5 Å². The van der Waals surface area contributed by atoms with Crippen molar-refractivity contribution in [2.75, 3.05) is 0 Å². The first-order chi connectivity index (χ1) is 11.3. The van der Waals surface area contributed by atoms with E-state index in [9.17, 15) is 4.79 Å². The summed E-state index contributed by atoms with van der Waals surface area (Å²) in [7, 11) is 0. The van der Waals surface area contributed by atoms with Crippen LogP contribution in [0.5, 0.6) is 0 Å². The maximum Gasteiger partial charge on any atom is 0.245 e. The largest absolute Gasteiger partial charge is 0.350 e. The highest BCUT2D eigenvalue weighted by atomic mass is 16.2. The highest BCUT2D eigenvalue weighted by Gasteiger charge is 2.18. The Kier molecular flexibility index (Phi) is 4.46. The van der Waals surface area contributed by atoms with Crippen molar-refractivity contribution < 1.29 is 4.79 Å². The van der Waals surface area contributed by atoms with Crippen molar-refractivity contribution >= 4 is 5.91 Å². The molecule has 1 aromatic carbocycles. The van der Waals surface area contributed by atoms with E-state index in [-0.39, 0.29) is 11.9 Å². The van der Waals surface area contributed by atoms with Crippen LogP contribution in [0.1, 0.15) is 24.9 Å². The van der Waals surface area contributed by atoms with Crippen LogP contribution in [0.25, 0.3) is 5.69 Å². The summed E-state index contributed by atoms with van der Waals surface area (Å²) in [5, 5.41) is 11.3. The number of amides is 1. The molecule has 1 N–H and O–H groups in total. The highest BCUT2D eigenvalue weighted by Crippen LogP contribution is 2.14. The van der Waals surface area contributed by atoms with Crippen molar-refractivity contribution in [1.29, 1.82) is 0 Å². The minimum atomic E-state index is -0.302. The molecule has 0 saturated heterocycles. The van der Waals surface area contributed by atoms with Crippen molar-refractivity contribution in [2.24, 2.45) is 0 Å². The van der Waals surface area contributed by atoms with E-state index in [4.69, 9.17) is 0 Å². The normalized spacial score (nSPS) is 12.0. The fourth-order valence-corrected chi connectivity index (χ4v) is 2.47. The lowest BCUT2D eigenvalue weighted by Crippen LogP contribution is -2.32. The summed E-state index contributed by atoms with van der Waals surface area (Å²) in [6.45, 7) is 2.39. The molecule has 7 heteroatoms. The van der Waals surface area contributed by atoms with Gasteiger partial charge < -0.3 is 5.32 Å². The molecule has 7 nitrogen and oxygen atoms in total. The van der Waals surface area contributed by atoms with Gasteiger partial charge in [0.2, 0.25) is 5.91 Å². The lowest BCUT2D eigenvalue weighted by Gasteiger charge is -2.16. The molecule has 0 aliphatic carbocycles. The van der Waals surface area contributed by atoms with Crippen LogP contribution in [-0.4, -0.2) is 30.5 Å². The summed E-state index contributed by atoms with van der Waals surface area (Å²) in [4.78, 5) is 16.4. The van der Waals surface area contributed by atoms with E-state index < -0.39 is 0 Å². The van der Waals surface area contributed by atoms with Gasteiger partial charge in [-0.3, -0.25) is 9.48 Å². The van der Waals surface area contributed by atoms with Crippen molar-refractivity contribution in [3.8, 4) is 5.69 Å². The molecule has 3 rings (SSSR count). The maximum atomic E-state index is 12.4. The van der Waals surface area contributed by atoms with Gasteiger partial charge in [0.1, 0.15) is 18.7 Å². The van der Waals surface area contributed by atoms with Crippen molar-refractivity contribution in [2.45, 2.75) is 25.9 Å². The predicted octanol–water partition coefficient (Wildman–Crippen LogP) is 1.73. The zero-order valence-corrected chi connectivity index (χ0v) is 12.8. The minimum Gasteiger partial charge on any atom is -0.350 e. The third kappa shape index (κ3) is 3.28. The molecule has 0 aliphatic rings. The molecule has 1 amide bonds. The lowest BCUT2D eigenvalue weighted by molar-refractivity contribution is -0.124. The van der Waals surface area contributed by atoms with Gasteiger partial charge in [-0.2, -0.15) is 10.2 Å². The summed E-state index contributed by atoms with van der Waals surface area (Å²) in [6, 6.07) is 9.29. The quantitative estimate of drug-likeness (QED) is 0.752. The molecule has 0 unspecified atom stereocenters. The van der Waals surface area contributed by atoms with Crippen molar-refractivity contribution in [1.82, 2.24) is 29.9 Å². The Morgan fingerprint density at radius 3 is 2.83 bits per heavy atom. The number of nitrogens with one attached hydrogen (secondary N) is 1. The SMILES string of the molecule is CC[C@H](C(=O)NCc1ccccc1-n1cncn1)n1cccn1. The number of para-hydroxylation sites is 1. The second kappa shape index (κ2) is 6.87. The van der Waals surface area contributed by atoms with Crippen LogP contribution in [0.15, 0.2) is 55.4 Å². The Morgan fingerprint density at radius 1 is 1.26 bits per heavy atom. The maximum absolute atomic E-state index is 12.4. The van der Waals surface area contributed by atoms with E-state index in [0.29, 0.717) is 13.0 Å². The summed E-state index contributed by atoms with van der Waals surface area (Å²) in [5.41, 5.74) is 1.87. The lowest BCUT2D eigenvalue weighted by atomic mass is 10.1. The van der Waals surface area contributed by atoms with Gasteiger partial charge in [-0.05, 0) is 24.1 Å². The van der Waals surface area contributed by atoms with Gasteiger partial charge in [0.25, 0.3) is 0 Å². The molecule has 1 atom stereocenters. The zero-order valence-electron chi connectivity index (χ0n) is 12.8. The third-order valence-electron chi connectivity index (χ3n) is 3.64. The molecule has 2 heterocycles. The van der Waals surface area contributed by atoms with Gasteiger partial charge >= 0.3 is 0 Å². The number of carbonyl (C=O) groups excluding carboxylic acids is 1. The summed E-state index contributed by atoms with van der Waals surface area (Å²) < 4.78 is 3.37. The van der Waals surface area contributed by atoms with E-state index >= 15 is 0 Å². The van der Waals surface area contributed by atoms with Crippen molar-refractivity contribution in [3.63, 3.8) is 0 Å². The van der Waals surface area contributed by atoms with Gasteiger partial charge in [-0.15, -0.1) is 0 Å². The van der Waals surface area contributed by atoms with Crippen LogP contribution >= 0.6 is 0 Å². The van der Waals surface area contributed by atoms with E-state index in [0.717, 1.165) is 11.3 Å². The fourth-order valence-electron chi connectivity index (χ4n) is 2.47. The third-order valence-corrected chi connectivity index (χ3v) is 3.64. The highest BCUT2D eigenvalue weighted by molar-refractivity contribution is 5.80. The molecule has 0 aliphatic heterocycles. The first kappa shape index (κ1) is 15.0. The molecule has 3 aromatic rings. The second-order valence-corrected chi connectivity index (χ2v) is 5.10. The fraction of sp³-hybridized carbons (Fsp3) is 0.250. The first-order valence-electron chi connectivity index (χ1n) is 7.49. The molecule has 0 spiro atoms. The Morgan fingerprint density at radius 2 is 2.13 bits per heavy atom. The molecule has 0 bridgehead atoms. The van der Waals surface area contributed by atoms with Crippen LogP contribution < -0.4 is 5.32 Å². The van der Waals surface area contributed by atoms with Gasteiger partial charge in [0.05, 0.1) is 5.69 Å². The molecular formula is C16H18N6O. The van der Waals surface area contributed by atoms with Crippen LogP contribution in [0.4, 0.5) is 0 Å². The van der Waals surface area contributed by atoms with E-state index in [1.165, 1.54) is 6.33 Å². The minimum absolute atomic E-state index is 0.0513. The van der Waals surface area contributed by atoms with E-state index in [1.807, 2.05) is 37.3 Å². The molecule has 118 valence electrons. The monoisotopic (exact) mass is 310 g/mol. The van der Waals surface area contributed by atoms with Gasteiger partial charge in [0, 0.05) is 18.9 Å².